The Morgan fingerprint density at radius 2 is 1.83 bits per heavy atom. The summed E-state index contributed by atoms with van der Waals surface area (Å²) < 4.78 is 0. The Hall–Kier alpha value is -1.95. The summed E-state index contributed by atoms with van der Waals surface area (Å²) in [6.45, 7) is 5.81. The number of benzene rings is 1. The largest absolute Gasteiger partial charge is 0.332 e. The second-order valence-corrected chi connectivity index (χ2v) is 5.80. The van der Waals surface area contributed by atoms with Crippen LogP contribution in [0, 0.1) is 6.92 Å². The molecule has 5 nitrogen and oxygen atoms in total. The summed E-state index contributed by atoms with van der Waals surface area (Å²) >= 11 is 5.15. The van der Waals surface area contributed by atoms with E-state index in [1.807, 2.05) is 19.1 Å². The number of nitrogens with one attached hydrogen (secondary N) is 3. The third-order valence-electron chi connectivity index (χ3n) is 3.35. The van der Waals surface area contributed by atoms with Gasteiger partial charge in [0.25, 0.3) is 0 Å². The van der Waals surface area contributed by atoms with Crippen LogP contribution in [0.1, 0.15) is 51.5 Å². The minimum Gasteiger partial charge on any atom is -0.332 e. The second kappa shape index (κ2) is 9.94. The maximum Gasteiger partial charge on any atom is 0.226 e. The number of carbonyl (C=O) groups is 2. The van der Waals surface area contributed by atoms with Crippen LogP contribution in [0.4, 0.5) is 11.4 Å². The summed E-state index contributed by atoms with van der Waals surface area (Å²) in [5, 5.41) is 8.74. The Labute approximate surface area is 143 Å². The molecule has 0 aromatic heterocycles. The molecule has 0 spiro atoms. The first-order valence-electron chi connectivity index (χ1n) is 7.97. The average molecular weight is 335 g/mol. The third kappa shape index (κ3) is 7.23. The van der Waals surface area contributed by atoms with Crippen LogP contribution in [0.25, 0.3) is 0 Å². The lowest BCUT2D eigenvalue weighted by molar-refractivity contribution is -0.119. The Morgan fingerprint density at radius 3 is 2.48 bits per heavy atom. The van der Waals surface area contributed by atoms with Crippen LogP contribution >= 0.6 is 12.2 Å². The highest BCUT2D eigenvalue weighted by Gasteiger charge is 2.07. The molecular weight excluding hydrogens is 310 g/mol. The Balaban J connectivity index is 2.59. The van der Waals surface area contributed by atoms with E-state index in [0.717, 1.165) is 36.2 Å². The number of aryl methyl sites for hydroxylation is 1. The van der Waals surface area contributed by atoms with Gasteiger partial charge in [0.05, 0.1) is 0 Å². The predicted octanol–water partition coefficient (Wildman–Crippen LogP) is 3.74. The molecule has 0 atom stereocenters. The molecule has 0 unspecified atom stereocenters. The molecular formula is C17H25N3O2S. The van der Waals surface area contributed by atoms with Gasteiger partial charge in [0.2, 0.25) is 11.8 Å². The Morgan fingerprint density at radius 1 is 1.09 bits per heavy atom. The molecule has 0 aliphatic heterocycles. The number of hydrogen-bond acceptors (Lipinski definition) is 3. The summed E-state index contributed by atoms with van der Waals surface area (Å²) in [4.78, 5) is 23.3. The maximum absolute atomic E-state index is 11.7. The normalized spacial score (nSPS) is 10.0. The lowest BCUT2D eigenvalue weighted by atomic mass is 10.1. The number of anilines is 2. The summed E-state index contributed by atoms with van der Waals surface area (Å²) in [5.41, 5.74) is 2.42. The molecule has 0 bridgehead atoms. The van der Waals surface area contributed by atoms with Crippen molar-refractivity contribution in [1.82, 2.24) is 5.32 Å². The molecule has 0 heterocycles. The van der Waals surface area contributed by atoms with Gasteiger partial charge in [0.1, 0.15) is 0 Å². The summed E-state index contributed by atoms with van der Waals surface area (Å²) in [7, 11) is 0. The van der Waals surface area contributed by atoms with Gasteiger partial charge in [-0.25, -0.2) is 0 Å². The van der Waals surface area contributed by atoms with Crippen LogP contribution in [-0.2, 0) is 9.59 Å². The fourth-order valence-corrected chi connectivity index (χ4v) is 2.19. The van der Waals surface area contributed by atoms with E-state index in [2.05, 4.69) is 22.9 Å². The van der Waals surface area contributed by atoms with Crippen molar-refractivity contribution in [2.45, 2.75) is 52.9 Å². The van der Waals surface area contributed by atoms with E-state index < -0.39 is 0 Å². The quantitative estimate of drug-likeness (QED) is 0.524. The van der Waals surface area contributed by atoms with Crippen LogP contribution in [0.5, 0.6) is 0 Å². The molecule has 0 fully saturated rings. The number of carbonyl (C=O) groups excluding carboxylic acids is 2. The summed E-state index contributed by atoms with van der Waals surface area (Å²) in [5.74, 6) is -0.125. The van der Waals surface area contributed by atoms with Crippen molar-refractivity contribution in [3.8, 4) is 0 Å². The zero-order chi connectivity index (χ0) is 17.2. The fourth-order valence-electron chi connectivity index (χ4n) is 1.96. The Kier molecular flexibility index (Phi) is 8.26. The lowest BCUT2D eigenvalue weighted by Gasteiger charge is -2.13. The van der Waals surface area contributed by atoms with Gasteiger partial charge in [-0.1, -0.05) is 32.8 Å². The number of hydrogen-bond donors (Lipinski definition) is 3. The van der Waals surface area contributed by atoms with E-state index in [-0.39, 0.29) is 16.9 Å². The van der Waals surface area contributed by atoms with Crippen LogP contribution in [0.3, 0.4) is 0 Å². The molecule has 2 amide bonds. The van der Waals surface area contributed by atoms with Gasteiger partial charge in [-0.3, -0.25) is 9.59 Å². The molecule has 23 heavy (non-hydrogen) atoms. The number of thiocarbonyl (C=S) groups is 1. The van der Waals surface area contributed by atoms with Crippen molar-refractivity contribution in [1.29, 1.82) is 0 Å². The molecule has 0 aliphatic rings. The highest BCUT2D eigenvalue weighted by Crippen LogP contribution is 2.20. The minimum absolute atomic E-state index is 0.0444. The van der Waals surface area contributed by atoms with Crippen LogP contribution < -0.4 is 16.0 Å². The average Bonchev–Trinajstić information content (AvgIpc) is 2.50. The van der Waals surface area contributed by atoms with E-state index in [1.165, 1.54) is 0 Å². The molecule has 0 saturated carbocycles. The van der Waals surface area contributed by atoms with E-state index in [1.54, 1.807) is 13.0 Å². The maximum atomic E-state index is 11.7. The molecule has 0 saturated heterocycles. The van der Waals surface area contributed by atoms with Crippen molar-refractivity contribution in [2.75, 3.05) is 10.6 Å². The number of unbranched alkanes of at least 4 members (excludes halogenated alkanes) is 2. The van der Waals surface area contributed by atoms with Gasteiger partial charge < -0.3 is 16.0 Å². The molecule has 1 aromatic rings. The number of rotatable bonds is 7. The lowest BCUT2D eigenvalue weighted by Crippen LogP contribution is -2.33. The minimum atomic E-state index is -0.0810. The molecule has 1 rings (SSSR count). The van der Waals surface area contributed by atoms with Crippen LogP contribution in [0.15, 0.2) is 18.2 Å². The van der Waals surface area contributed by atoms with Crippen molar-refractivity contribution in [2.24, 2.45) is 0 Å². The second-order valence-electron chi connectivity index (χ2n) is 5.39. The first-order valence-corrected chi connectivity index (χ1v) is 8.38. The smallest absolute Gasteiger partial charge is 0.226 e. The molecule has 0 radical (unpaired) electrons. The standard InChI is InChI=1S/C17H25N3O2S/c1-4-6-7-8-16(22)20-17(23)18-13-10-9-12(3)14(11-13)19-15(21)5-2/h9-11H,4-8H2,1-3H3,(H,19,21)(H2,18,20,22,23). The predicted molar refractivity (Wildman–Crippen MR) is 98.6 cm³/mol. The SMILES string of the molecule is CCCCCC(=O)NC(=S)Nc1ccc(C)c(NC(=O)CC)c1. The van der Waals surface area contributed by atoms with Gasteiger partial charge in [0.15, 0.2) is 5.11 Å². The highest BCUT2D eigenvalue weighted by molar-refractivity contribution is 7.80. The monoisotopic (exact) mass is 335 g/mol. The zero-order valence-corrected chi connectivity index (χ0v) is 14.8. The Bertz CT molecular complexity index is 573. The highest BCUT2D eigenvalue weighted by atomic mass is 32.1. The van der Waals surface area contributed by atoms with Crippen molar-refractivity contribution in [3.63, 3.8) is 0 Å². The van der Waals surface area contributed by atoms with E-state index >= 15 is 0 Å². The first kappa shape index (κ1) is 19.1. The molecule has 126 valence electrons. The first-order chi connectivity index (χ1) is 11.0. The van der Waals surface area contributed by atoms with Gasteiger partial charge >= 0.3 is 0 Å². The molecule has 6 heteroatoms. The van der Waals surface area contributed by atoms with Gasteiger partial charge in [-0.15, -0.1) is 0 Å². The van der Waals surface area contributed by atoms with E-state index in [0.29, 0.717) is 12.8 Å². The zero-order valence-electron chi connectivity index (χ0n) is 14.0. The summed E-state index contributed by atoms with van der Waals surface area (Å²) in [6, 6.07) is 5.55. The van der Waals surface area contributed by atoms with Gasteiger partial charge in [-0.05, 0) is 43.3 Å². The fraction of sp³-hybridized carbons (Fsp3) is 0.471. The van der Waals surface area contributed by atoms with Crippen molar-refractivity contribution < 1.29 is 9.59 Å². The molecule has 1 aromatic carbocycles. The van der Waals surface area contributed by atoms with Crippen molar-refractivity contribution in [3.05, 3.63) is 23.8 Å². The number of amides is 2. The molecule has 3 N–H and O–H groups in total. The van der Waals surface area contributed by atoms with Crippen LogP contribution in [0.2, 0.25) is 0 Å². The van der Waals surface area contributed by atoms with Crippen molar-refractivity contribution >= 4 is 40.5 Å². The molecule has 0 aliphatic carbocycles. The van der Waals surface area contributed by atoms with E-state index in [4.69, 9.17) is 12.2 Å². The van der Waals surface area contributed by atoms with E-state index in [9.17, 15) is 9.59 Å². The van der Waals surface area contributed by atoms with Gasteiger partial charge in [0, 0.05) is 24.2 Å². The summed E-state index contributed by atoms with van der Waals surface area (Å²) in [6.07, 6.45) is 3.87. The third-order valence-corrected chi connectivity index (χ3v) is 3.56. The van der Waals surface area contributed by atoms with Gasteiger partial charge in [-0.2, -0.15) is 0 Å². The van der Waals surface area contributed by atoms with Crippen LogP contribution in [-0.4, -0.2) is 16.9 Å². The topological polar surface area (TPSA) is 70.2 Å².